The second-order valence-electron chi connectivity index (χ2n) is 5.94. The fourth-order valence-electron chi connectivity index (χ4n) is 2.98. The number of phenolic OH excluding ortho intramolecular Hbond substituents is 1. The maximum Gasteiger partial charge on any atom is 0.342 e. The van der Waals surface area contributed by atoms with E-state index in [0.29, 0.717) is 5.39 Å². The minimum Gasteiger partial charge on any atom is -0.506 e. The smallest absolute Gasteiger partial charge is 0.342 e. The minimum absolute atomic E-state index is 0.0402. The van der Waals surface area contributed by atoms with Crippen LogP contribution in [0.4, 0.5) is 0 Å². The van der Waals surface area contributed by atoms with Gasteiger partial charge in [0.15, 0.2) is 0 Å². The standard InChI is InChI=1S/C22H16O3/c23-21-19-8-4-3-6-17(19)11-12-20(21)22(24)25-14-15-9-10-16-5-1-2-7-18(16)13-15/h1-13,23H,14H2. The molecule has 4 rings (SSSR count). The number of hydrogen-bond donors (Lipinski definition) is 1. The van der Waals surface area contributed by atoms with Gasteiger partial charge < -0.3 is 9.84 Å². The highest BCUT2D eigenvalue weighted by Gasteiger charge is 2.15. The molecule has 0 aliphatic rings. The highest BCUT2D eigenvalue weighted by molar-refractivity contribution is 6.01. The number of carbonyl (C=O) groups is 1. The van der Waals surface area contributed by atoms with Gasteiger partial charge in [0.2, 0.25) is 0 Å². The Morgan fingerprint density at radius 3 is 2.32 bits per heavy atom. The molecular formula is C22H16O3. The van der Waals surface area contributed by atoms with Crippen molar-refractivity contribution >= 4 is 27.5 Å². The molecule has 0 aliphatic heterocycles. The Morgan fingerprint density at radius 2 is 1.48 bits per heavy atom. The molecule has 0 bridgehead atoms. The normalized spacial score (nSPS) is 10.9. The van der Waals surface area contributed by atoms with Gasteiger partial charge in [0.25, 0.3) is 0 Å². The van der Waals surface area contributed by atoms with Gasteiger partial charge in [-0.3, -0.25) is 0 Å². The van der Waals surface area contributed by atoms with Gasteiger partial charge in [-0.05, 0) is 33.9 Å². The van der Waals surface area contributed by atoms with Gasteiger partial charge in [0.1, 0.15) is 17.9 Å². The Bertz CT molecular complexity index is 1080. The zero-order chi connectivity index (χ0) is 17.2. The lowest BCUT2D eigenvalue weighted by molar-refractivity contribution is 0.0470. The van der Waals surface area contributed by atoms with Crippen LogP contribution >= 0.6 is 0 Å². The van der Waals surface area contributed by atoms with E-state index in [-0.39, 0.29) is 17.9 Å². The Labute approximate surface area is 145 Å². The molecule has 0 unspecified atom stereocenters. The third-order valence-electron chi connectivity index (χ3n) is 4.30. The van der Waals surface area contributed by atoms with Gasteiger partial charge in [-0.25, -0.2) is 4.79 Å². The highest BCUT2D eigenvalue weighted by Crippen LogP contribution is 2.29. The van der Waals surface area contributed by atoms with Gasteiger partial charge in [0.05, 0.1) is 0 Å². The van der Waals surface area contributed by atoms with Crippen molar-refractivity contribution in [2.45, 2.75) is 6.61 Å². The molecule has 0 saturated carbocycles. The van der Waals surface area contributed by atoms with E-state index in [1.54, 1.807) is 12.1 Å². The molecule has 3 nitrogen and oxygen atoms in total. The zero-order valence-electron chi connectivity index (χ0n) is 13.5. The van der Waals surface area contributed by atoms with Gasteiger partial charge in [-0.2, -0.15) is 0 Å². The molecule has 0 amide bonds. The van der Waals surface area contributed by atoms with Crippen molar-refractivity contribution in [3.63, 3.8) is 0 Å². The number of aromatic hydroxyl groups is 1. The number of rotatable bonds is 3. The van der Waals surface area contributed by atoms with Crippen LogP contribution in [0.1, 0.15) is 15.9 Å². The van der Waals surface area contributed by atoms with Crippen LogP contribution in [0.5, 0.6) is 5.75 Å². The van der Waals surface area contributed by atoms with E-state index in [4.69, 9.17) is 4.74 Å². The Morgan fingerprint density at radius 1 is 0.800 bits per heavy atom. The van der Waals surface area contributed by atoms with Crippen LogP contribution in [-0.2, 0) is 11.3 Å². The summed E-state index contributed by atoms with van der Waals surface area (Å²) in [5.41, 5.74) is 1.09. The summed E-state index contributed by atoms with van der Waals surface area (Å²) in [5, 5.41) is 14.1. The molecule has 0 fully saturated rings. The molecule has 0 heterocycles. The van der Waals surface area contributed by atoms with Crippen molar-refractivity contribution in [3.8, 4) is 5.75 Å². The van der Waals surface area contributed by atoms with E-state index in [1.165, 1.54) is 0 Å². The molecule has 0 atom stereocenters. The maximum absolute atomic E-state index is 12.4. The zero-order valence-corrected chi connectivity index (χ0v) is 13.5. The largest absolute Gasteiger partial charge is 0.506 e. The molecule has 25 heavy (non-hydrogen) atoms. The number of hydrogen-bond acceptors (Lipinski definition) is 3. The van der Waals surface area contributed by atoms with Gasteiger partial charge in [-0.15, -0.1) is 0 Å². The van der Waals surface area contributed by atoms with Crippen LogP contribution in [0.25, 0.3) is 21.5 Å². The summed E-state index contributed by atoms with van der Waals surface area (Å²) in [6, 6.07) is 24.8. The second-order valence-corrected chi connectivity index (χ2v) is 5.94. The monoisotopic (exact) mass is 328 g/mol. The number of benzene rings is 4. The molecule has 4 aromatic carbocycles. The first-order valence-corrected chi connectivity index (χ1v) is 8.08. The molecular weight excluding hydrogens is 312 g/mol. The number of fused-ring (bicyclic) bond motifs is 2. The third-order valence-corrected chi connectivity index (χ3v) is 4.30. The van der Waals surface area contributed by atoms with Crippen molar-refractivity contribution < 1.29 is 14.6 Å². The first-order valence-electron chi connectivity index (χ1n) is 8.08. The Kier molecular flexibility index (Phi) is 3.82. The summed E-state index contributed by atoms with van der Waals surface area (Å²) in [5.74, 6) is -0.571. The lowest BCUT2D eigenvalue weighted by Crippen LogP contribution is -2.05. The second kappa shape index (κ2) is 6.29. The van der Waals surface area contributed by atoms with Crippen LogP contribution < -0.4 is 0 Å². The van der Waals surface area contributed by atoms with E-state index in [2.05, 4.69) is 0 Å². The average Bonchev–Trinajstić information content (AvgIpc) is 2.66. The molecule has 1 N–H and O–H groups in total. The fourth-order valence-corrected chi connectivity index (χ4v) is 2.98. The first kappa shape index (κ1) is 15.2. The van der Waals surface area contributed by atoms with Crippen LogP contribution in [0.2, 0.25) is 0 Å². The summed E-state index contributed by atoms with van der Waals surface area (Å²) in [6.07, 6.45) is 0. The maximum atomic E-state index is 12.4. The summed E-state index contributed by atoms with van der Waals surface area (Å²) in [6.45, 7) is 0.163. The highest BCUT2D eigenvalue weighted by atomic mass is 16.5. The first-order chi connectivity index (χ1) is 12.2. The summed E-state index contributed by atoms with van der Waals surface area (Å²) in [4.78, 5) is 12.4. The average molecular weight is 328 g/mol. The minimum atomic E-state index is -0.531. The van der Waals surface area contributed by atoms with Crippen LogP contribution in [-0.4, -0.2) is 11.1 Å². The molecule has 3 heteroatoms. The van der Waals surface area contributed by atoms with E-state index in [1.807, 2.05) is 66.7 Å². The predicted molar refractivity (Wildman–Crippen MR) is 98.7 cm³/mol. The van der Waals surface area contributed by atoms with E-state index in [9.17, 15) is 9.90 Å². The van der Waals surface area contributed by atoms with Gasteiger partial charge in [0, 0.05) is 5.39 Å². The van der Waals surface area contributed by atoms with Crippen LogP contribution in [0.3, 0.4) is 0 Å². The number of ether oxygens (including phenoxy) is 1. The summed E-state index contributed by atoms with van der Waals surface area (Å²) in [7, 11) is 0. The van der Waals surface area contributed by atoms with Crippen LogP contribution in [0.15, 0.2) is 78.9 Å². The third kappa shape index (κ3) is 2.92. The molecule has 0 spiro atoms. The number of phenols is 1. The van der Waals surface area contributed by atoms with Crippen molar-refractivity contribution in [1.29, 1.82) is 0 Å². The van der Waals surface area contributed by atoms with Crippen molar-refractivity contribution in [2.24, 2.45) is 0 Å². The van der Waals surface area contributed by atoms with E-state index in [0.717, 1.165) is 21.7 Å². The molecule has 0 aliphatic carbocycles. The lowest BCUT2D eigenvalue weighted by Gasteiger charge is -2.09. The molecule has 0 saturated heterocycles. The Hall–Kier alpha value is -3.33. The molecule has 4 aromatic rings. The topological polar surface area (TPSA) is 46.5 Å². The summed E-state index contributed by atoms with van der Waals surface area (Å²) < 4.78 is 5.39. The quantitative estimate of drug-likeness (QED) is 0.535. The van der Waals surface area contributed by atoms with Gasteiger partial charge in [-0.1, -0.05) is 66.7 Å². The molecule has 0 aromatic heterocycles. The number of carbonyl (C=O) groups excluding carboxylic acids is 1. The molecule has 122 valence electrons. The SMILES string of the molecule is O=C(OCc1ccc2ccccc2c1)c1ccc2ccccc2c1O. The van der Waals surface area contributed by atoms with Gasteiger partial charge >= 0.3 is 5.97 Å². The fraction of sp³-hybridized carbons (Fsp3) is 0.0455. The summed E-state index contributed by atoms with van der Waals surface area (Å²) >= 11 is 0. The van der Waals surface area contributed by atoms with E-state index < -0.39 is 5.97 Å². The van der Waals surface area contributed by atoms with Crippen molar-refractivity contribution in [1.82, 2.24) is 0 Å². The predicted octanol–water partition coefficient (Wildman–Crippen LogP) is 5.06. The van der Waals surface area contributed by atoms with E-state index >= 15 is 0 Å². The molecule has 0 radical (unpaired) electrons. The van der Waals surface area contributed by atoms with Crippen molar-refractivity contribution in [2.75, 3.05) is 0 Å². The lowest BCUT2D eigenvalue weighted by atomic mass is 10.1. The Balaban J connectivity index is 1.56. The van der Waals surface area contributed by atoms with Crippen LogP contribution in [0, 0.1) is 0 Å². The number of esters is 1. The van der Waals surface area contributed by atoms with Crippen molar-refractivity contribution in [3.05, 3.63) is 90.0 Å².